The number of nitrogens with zero attached hydrogens (tertiary/aromatic N) is 3. The first-order valence-corrected chi connectivity index (χ1v) is 6.49. The molecule has 0 aliphatic carbocycles. The van der Waals surface area contributed by atoms with Gasteiger partial charge in [-0.2, -0.15) is 4.98 Å². The van der Waals surface area contributed by atoms with E-state index in [1.165, 1.54) is 4.68 Å². The topological polar surface area (TPSA) is 100 Å². The third-order valence-corrected chi connectivity index (χ3v) is 2.55. The predicted octanol–water partition coefficient (Wildman–Crippen LogP) is -0.696. The Morgan fingerprint density at radius 1 is 1.53 bits per heavy atom. The monoisotopic (exact) mass is 234 g/mol. The van der Waals surface area contributed by atoms with Crippen LogP contribution in [-0.4, -0.2) is 41.8 Å². The zero-order valence-electron chi connectivity index (χ0n) is 8.67. The summed E-state index contributed by atoms with van der Waals surface area (Å²) < 4.78 is 28.2. The minimum absolute atomic E-state index is 0.0217. The smallest absolute Gasteiger partial charge is 0.337 e. The Morgan fingerprint density at radius 2 is 2.20 bits per heavy atom. The van der Waals surface area contributed by atoms with E-state index in [2.05, 4.69) is 10.1 Å². The second-order valence-electron chi connectivity index (χ2n) is 3.04. The first-order chi connectivity index (χ1) is 6.92. The van der Waals surface area contributed by atoms with Crippen LogP contribution in [0.3, 0.4) is 0 Å². The molecule has 1 heterocycles. The number of nitrogens with two attached hydrogens (primary N) is 1. The van der Waals surface area contributed by atoms with Gasteiger partial charge in [-0.25, -0.2) is 13.1 Å². The highest BCUT2D eigenvalue weighted by atomic mass is 32.2. The Hall–Kier alpha value is -1.31. The van der Waals surface area contributed by atoms with Crippen molar-refractivity contribution in [1.29, 1.82) is 0 Å². The highest BCUT2D eigenvalue weighted by Gasteiger charge is 2.09. The second-order valence-corrected chi connectivity index (χ2v) is 5.30. The van der Waals surface area contributed by atoms with Crippen LogP contribution in [0.4, 0.5) is 5.95 Å². The fraction of sp³-hybridized carbons (Fsp3) is 0.714. The summed E-state index contributed by atoms with van der Waals surface area (Å²) in [6, 6.07) is 0.170. The van der Waals surface area contributed by atoms with E-state index in [0.717, 1.165) is 6.26 Å². The minimum atomic E-state index is -3.03. The van der Waals surface area contributed by atoms with E-state index in [1.807, 2.05) is 0 Å². The highest BCUT2D eigenvalue weighted by molar-refractivity contribution is 7.90. The number of sulfone groups is 1. The molecule has 1 rings (SSSR count). The fourth-order valence-electron chi connectivity index (χ4n) is 0.940. The number of ether oxygens (including phenoxy) is 1. The summed E-state index contributed by atoms with van der Waals surface area (Å²) in [5.41, 5.74) is 5.52. The van der Waals surface area contributed by atoms with Gasteiger partial charge >= 0.3 is 6.01 Å². The number of hydrogen-bond donors (Lipinski definition) is 1. The average molecular weight is 234 g/mol. The Labute approximate surface area is 88.2 Å². The third-order valence-electron chi connectivity index (χ3n) is 1.63. The number of aromatic nitrogens is 3. The van der Waals surface area contributed by atoms with Crippen LogP contribution < -0.4 is 10.5 Å². The first kappa shape index (κ1) is 11.8. The Morgan fingerprint density at radius 3 is 2.73 bits per heavy atom. The largest absolute Gasteiger partial charge is 0.463 e. The summed E-state index contributed by atoms with van der Waals surface area (Å²) in [4.78, 5) is 3.81. The molecule has 0 fully saturated rings. The number of aryl methyl sites for hydroxylation is 1. The van der Waals surface area contributed by atoms with Gasteiger partial charge < -0.3 is 10.5 Å². The van der Waals surface area contributed by atoms with Crippen molar-refractivity contribution in [2.45, 2.75) is 13.5 Å². The van der Waals surface area contributed by atoms with Crippen LogP contribution in [0, 0.1) is 0 Å². The van der Waals surface area contributed by atoms with Crippen molar-refractivity contribution in [2.75, 3.05) is 24.3 Å². The molecular formula is C7H14N4O3S. The summed E-state index contributed by atoms with van der Waals surface area (Å²) in [6.07, 6.45) is 1.16. The van der Waals surface area contributed by atoms with Crippen LogP contribution in [0.2, 0.25) is 0 Å². The van der Waals surface area contributed by atoms with Crippen molar-refractivity contribution < 1.29 is 13.2 Å². The molecular weight excluding hydrogens is 220 g/mol. The van der Waals surface area contributed by atoms with Crippen molar-refractivity contribution in [3.05, 3.63) is 0 Å². The minimum Gasteiger partial charge on any atom is -0.463 e. The molecule has 8 heteroatoms. The maximum absolute atomic E-state index is 10.9. The molecule has 1 aromatic rings. The zero-order valence-corrected chi connectivity index (χ0v) is 9.49. The lowest BCUT2D eigenvalue weighted by atomic mass is 10.7. The Kier molecular flexibility index (Phi) is 3.51. The average Bonchev–Trinajstić information content (AvgIpc) is 2.42. The maximum atomic E-state index is 10.9. The van der Waals surface area contributed by atoms with Gasteiger partial charge in [0.2, 0.25) is 5.95 Å². The zero-order chi connectivity index (χ0) is 11.5. The SMILES string of the molecule is CCOc1nc(N)n(CCS(C)(=O)=O)n1. The summed E-state index contributed by atoms with van der Waals surface area (Å²) in [5, 5.41) is 3.90. The lowest BCUT2D eigenvalue weighted by Gasteiger charge is -2.00. The molecule has 0 atom stereocenters. The first-order valence-electron chi connectivity index (χ1n) is 4.43. The van der Waals surface area contributed by atoms with Gasteiger partial charge in [-0.1, -0.05) is 0 Å². The van der Waals surface area contributed by atoms with E-state index in [9.17, 15) is 8.42 Å². The van der Waals surface area contributed by atoms with Crippen LogP contribution >= 0.6 is 0 Å². The van der Waals surface area contributed by atoms with Crippen LogP contribution in [0.15, 0.2) is 0 Å². The predicted molar refractivity (Wildman–Crippen MR) is 55.3 cm³/mol. The summed E-state index contributed by atoms with van der Waals surface area (Å²) in [5.74, 6) is 0.133. The van der Waals surface area contributed by atoms with Crippen LogP contribution in [0.1, 0.15) is 6.92 Å². The van der Waals surface area contributed by atoms with Gasteiger partial charge in [0, 0.05) is 6.26 Å². The normalized spacial score (nSPS) is 11.6. The van der Waals surface area contributed by atoms with Crippen molar-refractivity contribution in [3.8, 4) is 6.01 Å². The molecule has 0 aliphatic rings. The highest BCUT2D eigenvalue weighted by Crippen LogP contribution is 2.07. The molecule has 0 aromatic carbocycles. The molecule has 0 spiro atoms. The maximum Gasteiger partial charge on any atom is 0.337 e. The van der Waals surface area contributed by atoms with Gasteiger partial charge in [-0.3, -0.25) is 0 Å². The molecule has 15 heavy (non-hydrogen) atoms. The lowest BCUT2D eigenvalue weighted by Crippen LogP contribution is -2.14. The van der Waals surface area contributed by atoms with E-state index >= 15 is 0 Å². The molecule has 2 N–H and O–H groups in total. The van der Waals surface area contributed by atoms with Crippen molar-refractivity contribution in [3.63, 3.8) is 0 Å². The van der Waals surface area contributed by atoms with Crippen molar-refractivity contribution in [2.24, 2.45) is 0 Å². The molecule has 0 radical (unpaired) electrons. The van der Waals surface area contributed by atoms with Crippen LogP contribution in [-0.2, 0) is 16.4 Å². The number of hydrogen-bond acceptors (Lipinski definition) is 6. The van der Waals surface area contributed by atoms with E-state index < -0.39 is 9.84 Å². The van der Waals surface area contributed by atoms with E-state index in [-0.39, 0.29) is 24.3 Å². The third kappa shape index (κ3) is 3.74. The summed E-state index contributed by atoms with van der Waals surface area (Å²) in [7, 11) is -3.03. The van der Waals surface area contributed by atoms with Crippen LogP contribution in [0.5, 0.6) is 6.01 Å². The molecule has 7 nitrogen and oxygen atoms in total. The second kappa shape index (κ2) is 4.47. The molecule has 0 bridgehead atoms. The van der Waals surface area contributed by atoms with Gasteiger partial charge in [0.25, 0.3) is 0 Å². The van der Waals surface area contributed by atoms with Gasteiger partial charge in [0.1, 0.15) is 9.84 Å². The Balaban J connectivity index is 2.69. The van der Waals surface area contributed by atoms with Gasteiger partial charge in [-0.15, -0.1) is 5.10 Å². The molecule has 0 aliphatic heterocycles. The quantitative estimate of drug-likeness (QED) is 0.723. The molecule has 0 saturated carbocycles. The summed E-state index contributed by atoms with van der Waals surface area (Å²) in [6.45, 7) is 2.42. The van der Waals surface area contributed by atoms with E-state index in [0.29, 0.717) is 6.61 Å². The molecule has 0 unspecified atom stereocenters. The van der Waals surface area contributed by atoms with Gasteiger partial charge in [-0.05, 0) is 6.92 Å². The molecule has 0 amide bonds. The van der Waals surface area contributed by atoms with Crippen molar-refractivity contribution >= 4 is 15.8 Å². The van der Waals surface area contributed by atoms with Gasteiger partial charge in [0.05, 0.1) is 18.9 Å². The summed E-state index contributed by atoms with van der Waals surface area (Å²) >= 11 is 0. The number of rotatable bonds is 5. The van der Waals surface area contributed by atoms with Gasteiger partial charge in [0.15, 0.2) is 0 Å². The van der Waals surface area contributed by atoms with Crippen molar-refractivity contribution in [1.82, 2.24) is 14.8 Å². The number of nitrogen functional groups attached to an aromatic ring is 1. The molecule has 86 valence electrons. The lowest BCUT2D eigenvalue weighted by molar-refractivity contribution is 0.310. The number of anilines is 1. The molecule has 0 saturated heterocycles. The van der Waals surface area contributed by atoms with E-state index in [4.69, 9.17) is 10.5 Å². The van der Waals surface area contributed by atoms with E-state index in [1.54, 1.807) is 6.92 Å². The standard InChI is InChI=1S/C7H14N4O3S/c1-3-14-7-9-6(8)11(10-7)4-5-15(2,12)13/h3-5H2,1-2H3,(H2,8,9,10). The fourth-order valence-corrected chi connectivity index (χ4v) is 1.44. The molecule has 1 aromatic heterocycles. The van der Waals surface area contributed by atoms with Crippen LogP contribution in [0.25, 0.3) is 0 Å². The Bertz CT molecular complexity index is 425.